The fourth-order valence-electron chi connectivity index (χ4n) is 2.48. The molecule has 0 spiro atoms. The van der Waals surface area contributed by atoms with Crippen LogP contribution in [0.15, 0.2) is 0 Å². The molecule has 92 valence electrons. The Hall–Kier alpha value is -0.590. The molecule has 0 aromatic heterocycles. The molecular weight excluding hydrogens is 198 g/mol. The molecule has 1 saturated heterocycles. The van der Waals surface area contributed by atoms with E-state index in [-0.39, 0.29) is 5.41 Å². The SMILES string of the molecule is CC1CC(CN)CN1CCCC(C)(C)C#N. The summed E-state index contributed by atoms with van der Waals surface area (Å²) < 4.78 is 0. The first-order valence-electron chi connectivity index (χ1n) is 6.34. The Balaban J connectivity index is 2.27. The van der Waals surface area contributed by atoms with E-state index in [0.717, 1.165) is 32.5 Å². The van der Waals surface area contributed by atoms with Crippen LogP contribution in [0, 0.1) is 22.7 Å². The summed E-state index contributed by atoms with van der Waals surface area (Å²) in [5.41, 5.74) is 5.54. The Morgan fingerprint density at radius 1 is 1.50 bits per heavy atom. The third kappa shape index (κ3) is 3.77. The van der Waals surface area contributed by atoms with Crippen molar-refractivity contribution in [2.24, 2.45) is 17.1 Å². The van der Waals surface area contributed by atoms with Gasteiger partial charge >= 0.3 is 0 Å². The number of hydrogen-bond acceptors (Lipinski definition) is 3. The van der Waals surface area contributed by atoms with Crippen LogP contribution in [-0.4, -0.2) is 30.6 Å². The molecule has 1 aliphatic rings. The summed E-state index contributed by atoms with van der Waals surface area (Å²) in [7, 11) is 0. The fourth-order valence-corrected chi connectivity index (χ4v) is 2.48. The highest BCUT2D eigenvalue weighted by Gasteiger charge is 2.28. The Kier molecular flexibility index (Phi) is 4.76. The Morgan fingerprint density at radius 2 is 2.19 bits per heavy atom. The minimum absolute atomic E-state index is 0.170. The predicted molar refractivity (Wildman–Crippen MR) is 66.8 cm³/mol. The van der Waals surface area contributed by atoms with Crippen molar-refractivity contribution in [3.05, 3.63) is 0 Å². The van der Waals surface area contributed by atoms with Gasteiger partial charge in [-0.25, -0.2) is 0 Å². The van der Waals surface area contributed by atoms with Crippen LogP contribution in [0.25, 0.3) is 0 Å². The molecule has 3 heteroatoms. The van der Waals surface area contributed by atoms with Crippen LogP contribution >= 0.6 is 0 Å². The largest absolute Gasteiger partial charge is 0.330 e. The van der Waals surface area contributed by atoms with Gasteiger partial charge in [-0.05, 0) is 59.0 Å². The van der Waals surface area contributed by atoms with Gasteiger partial charge < -0.3 is 10.6 Å². The van der Waals surface area contributed by atoms with Crippen molar-refractivity contribution < 1.29 is 0 Å². The van der Waals surface area contributed by atoms with Gasteiger partial charge in [0.2, 0.25) is 0 Å². The van der Waals surface area contributed by atoms with E-state index in [1.54, 1.807) is 0 Å². The first-order chi connectivity index (χ1) is 7.48. The average molecular weight is 223 g/mol. The monoisotopic (exact) mass is 223 g/mol. The molecular formula is C13H25N3. The third-order valence-corrected chi connectivity index (χ3v) is 3.67. The van der Waals surface area contributed by atoms with Crippen LogP contribution in [-0.2, 0) is 0 Å². The highest BCUT2D eigenvalue weighted by Crippen LogP contribution is 2.25. The third-order valence-electron chi connectivity index (χ3n) is 3.67. The van der Waals surface area contributed by atoms with Gasteiger partial charge in [-0.2, -0.15) is 5.26 Å². The maximum absolute atomic E-state index is 8.94. The number of hydrogen-bond donors (Lipinski definition) is 1. The van der Waals surface area contributed by atoms with Crippen molar-refractivity contribution in [2.45, 2.75) is 46.1 Å². The Bertz CT molecular complexity index is 254. The maximum Gasteiger partial charge on any atom is 0.0683 e. The van der Waals surface area contributed by atoms with Crippen molar-refractivity contribution in [3.8, 4) is 6.07 Å². The minimum atomic E-state index is -0.170. The van der Waals surface area contributed by atoms with Gasteiger partial charge in [-0.3, -0.25) is 0 Å². The molecule has 1 heterocycles. The molecule has 0 bridgehead atoms. The number of nitrogens with two attached hydrogens (primary N) is 1. The molecule has 0 radical (unpaired) electrons. The summed E-state index contributed by atoms with van der Waals surface area (Å²) in [6.45, 7) is 9.38. The number of likely N-dealkylation sites (tertiary alicyclic amines) is 1. The topological polar surface area (TPSA) is 53.0 Å². The molecule has 0 saturated carbocycles. The standard InChI is InChI=1S/C13H25N3/c1-11-7-12(8-14)9-16(11)6-4-5-13(2,3)10-15/h11-12H,4-9,14H2,1-3H3. The molecule has 1 fully saturated rings. The maximum atomic E-state index is 8.94. The van der Waals surface area contributed by atoms with Crippen molar-refractivity contribution >= 4 is 0 Å². The van der Waals surface area contributed by atoms with Crippen LogP contribution in [0.3, 0.4) is 0 Å². The highest BCUT2D eigenvalue weighted by molar-refractivity contribution is 4.92. The molecule has 1 aliphatic heterocycles. The van der Waals surface area contributed by atoms with E-state index in [2.05, 4.69) is 17.9 Å². The van der Waals surface area contributed by atoms with Crippen molar-refractivity contribution in [1.82, 2.24) is 4.90 Å². The molecule has 0 aromatic carbocycles. The summed E-state index contributed by atoms with van der Waals surface area (Å²) in [5.74, 6) is 0.680. The quantitative estimate of drug-likeness (QED) is 0.775. The summed E-state index contributed by atoms with van der Waals surface area (Å²) in [6, 6.07) is 3.02. The first kappa shape index (κ1) is 13.5. The van der Waals surface area contributed by atoms with E-state index >= 15 is 0 Å². The van der Waals surface area contributed by atoms with Gasteiger partial charge in [0.15, 0.2) is 0 Å². The summed E-state index contributed by atoms with van der Waals surface area (Å²) in [6.07, 6.45) is 3.33. The lowest BCUT2D eigenvalue weighted by molar-refractivity contribution is 0.247. The lowest BCUT2D eigenvalue weighted by atomic mass is 9.90. The lowest BCUT2D eigenvalue weighted by Crippen LogP contribution is -2.29. The molecule has 2 unspecified atom stereocenters. The molecule has 2 atom stereocenters. The molecule has 0 aromatic rings. The van der Waals surface area contributed by atoms with Gasteiger partial charge in [0.1, 0.15) is 0 Å². The second kappa shape index (κ2) is 5.65. The minimum Gasteiger partial charge on any atom is -0.330 e. The predicted octanol–water partition coefficient (Wildman–Crippen LogP) is 1.99. The molecule has 3 nitrogen and oxygen atoms in total. The van der Waals surface area contributed by atoms with E-state index in [1.807, 2.05) is 13.8 Å². The van der Waals surface area contributed by atoms with Crippen LogP contribution in [0.5, 0.6) is 0 Å². The number of nitriles is 1. The first-order valence-corrected chi connectivity index (χ1v) is 6.34. The molecule has 2 N–H and O–H groups in total. The van der Waals surface area contributed by atoms with E-state index in [0.29, 0.717) is 12.0 Å². The van der Waals surface area contributed by atoms with Crippen LogP contribution in [0.2, 0.25) is 0 Å². The summed E-state index contributed by atoms with van der Waals surface area (Å²) in [5, 5.41) is 8.94. The van der Waals surface area contributed by atoms with E-state index in [9.17, 15) is 0 Å². The summed E-state index contributed by atoms with van der Waals surface area (Å²) in [4.78, 5) is 2.52. The van der Waals surface area contributed by atoms with Crippen LogP contribution in [0.4, 0.5) is 0 Å². The molecule has 1 rings (SSSR count). The van der Waals surface area contributed by atoms with Crippen molar-refractivity contribution in [3.63, 3.8) is 0 Å². The zero-order chi connectivity index (χ0) is 12.2. The average Bonchev–Trinajstić information content (AvgIpc) is 2.60. The van der Waals surface area contributed by atoms with Crippen LogP contribution in [0.1, 0.15) is 40.0 Å². The Morgan fingerprint density at radius 3 is 2.69 bits per heavy atom. The molecule has 0 amide bonds. The van der Waals surface area contributed by atoms with Gasteiger partial charge in [-0.15, -0.1) is 0 Å². The second-order valence-electron chi connectivity index (χ2n) is 5.78. The fraction of sp³-hybridized carbons (Fsp3) is 0.923. The van der Waals surface area contributed by atoms with Gasteiger partial charge in [0.05, 0.1) is 11.5 Å². The highest BCUT2D eigenvalue weighted by atomic mass is 15.2. The zero-order valence-electron chi connectivity index (χ0n) is 10.9. The lowest BCUT2D eigenvalue weighted by Gasteiger charge is -2.23. The zero-order valence-corrected chi connectivity index (χ0v) is 10.9. The van der Waals surface area contributed by atoms with E-state index < -0.39 is 0 Å². The van der Waals surface area contributed by atoms with Gasteiger partial charge in [0.25, 0.3) is 0 Å². The smallest absolute Gasteiger partial charge is 0.0683 e. The number of rotatable bonds is 5. The molecule has 16 heavy (non-hydrogen) atoms. The summed E-state index contributed by atoms with van der Waals surface area (Å²) >= 11 is 0. The second-order valence-corrected chi connectivity index (χ2v) is 5.78. The van der Waals surface area contributed by atoms with E-state index in [4.69, 9.17) is 11.0 Å². The van der Waals surface area contributed by atoms with Crippen LogP contribution < -0.4 is 5.73 Å². The Labute approximate surface area is 99.6 Å². The van der Waals surface area contributed by atoms with E-state index in [1.165, 1.54) is 6.42 Å². The van der Waals surface area contributed by atoms with Crippen molar-refractivity contribution in [1.29, 1.82) is 5.26 Å². The van der Waals surface area contributed by atoms with Crippen molar-refractivity contribution in [2.75, 3.05) is 19.6 Å². The molecule has 0 aliphatic carbocycles. The van der Waals surface area contributed by atoms with Gasteiger partial charge in [-0.1, -0.05) is 0 Å². The van der Waals surface area contributed by atoms with Gasteiger partial charge in [0, 0.05) is 12.6 Å². The normalized spacial score (nSPS) is 26.9. The number of nitrogens with zero attached hydrogens (tertiary/aromatic N) is 2.